The predicted octanol–water partition coefficient (Wildman–Crippen LogP) is 3.50. The van der Waals surface area contributed by atoms with Crippen molar-refractivity contribution >= 4 is 28.3 Å². The second-order valence-electron chi connectivity index (χ2n) is 6.52. The number of benzene rings is 3. The highest BCUT2D eigenvalue weighted by Crippen LogP contribution is 2.32. The summed E-state index contributed by atoms with van der Waals surface area (Å²) < 4.78 is 16.2. The minimum atomic E-state index is -0.776. The summed E-state index contributed by atoms with van der Waals surface area (Å²) in [6, 6.07) is 15.4. The highest BCUT2D eigenvalue weighted by atomic mass is 16.5. The Labute approximate surface area is 166 Å². The number of ether oxygens (including phenoxy) is 3. The number of hydrogen-bond donors (Lipinski definition) is 2. The van der Waals surface area contributed by atoms with E-state index >= 15 is 0 Å². The number of anilines is 1. The number of amides is 1. The first-order valence-electron chi connectivity index (χ1n) is 9.19. The molecule has 1 aliphatic rings. The highest BCUT2D eigenvalue weighted by Gasteiger charge is 2.17. The smallest absolute Gasteiger partial charge is 0.342 e. The lowest BCUT2D eigenvalue weighted by Crippen LogP contribution is -2.21. The maximum Gasteiger partial charge on any atom is 0.342 e. The summed E-state index contributed by atoms with van der Waals surface area (Å²) in [5, 5.41) is 14.3. The molecule has 0 radical (unpaired) electrons. The third-order valence-electron chi connectivity index (χ3n) is 4.49. The Hall–Kier alpha value is -3.74. The molecule has 0 atom stereocenters. The summed E-state index contributed by atoms with van der Waals surface area (Å²) in [4.78, 5) is 24.5. The van der Waals surface area contributed by atoms with Crippen molar-refractivity contribution in [1.82, 2.24) is 0 Å². The number of aromatic hydroxyl groups is 1. The molecule has 7 heteroatoms. The largest absolute Gasteiger partial charge is 0.506 e. The van der Waals surface area contributed by atoms with Crippen LogP contribution in [0.15, 0.2) is 54.6 Å². The van der Waals surface area contributed by atoms with E-state index < -0.39 is 18.5 Å². The fraction of sp³-hybridized carbons (Fsp3) is 0.182. The van der Waals surface area contributed by atoms with Gasteiger partial charge >= 0.3 is 5.97 Å². The van der Waals surface area contributed by atoms with Crippen LogP contribution < -0.4 is 14.8 Å². The molecule has 0 fully saturated rings. The summed E-state index contributed by atoms with van der Waals surface area (Å²) in [5.74, 6) is -0.274. The number of esters is 1. The predicted molar refractivity (Wildman–Crippen MR) is 107 cm³/mol. The van der Waals surface area contributed by atoms with Crippen molar-refractivity contribution in [3.8, 4) is 17.2 Å². The number of phenolic OH excluding ortho intramolecular Hbond substituents is 1. The lowest BCUT2D eigenvalue weighted by Gasteiger charge is -2.11. The molecule has 0 saturated carbocycles. The van der Waals surface area contributed by atoms with Crippen molar-refractivity contribution in [3.05, 3.63) is 60.2 Å². The quantitative estimate of drug-likeness (QED) is 0.659. The summed E-state index contributed by atoms with van der Waals surface area (Å²) in [6.45, 7) is 0.632. The van der Waals surface area contributed by atoms with E-state index in [0.717, 1.165) is 11.8 Å². The first-order chi connectivity index (χ1) is 14.1. The van der Waals surface area contributed by atoms with E-state index in [4.69, 9.17) is 14.2 Å². The first-order valence-corrected chi connectivity index (χ1v) is 9.19. The van der Waals surface area contributed by atoms with Crippen LogP contribution in [0.4, 0.5) is 5.69 Å². The zero-order chi connectivity index (χ0) is 20.2. The normalized spacial score (nSPS) is 12.8. The molecule has 3 aromatic rings. The maximum absolute atomic E-state index is 12.3. The molecule has 148 valence electrons. The Morgan fingerprint density at radius 1 is 1.00 bits per heavy atom. The number of carbonyl (C=O) groups is 2. The van der Waals surface area contributed by atoms with E-state index in [2.05, 4.69) is 5.32 Å². The van der Waals surface area contributed by atoms with Crippen LogP contribution in [0.25, 0.3) is 10.8 Å². The van der Waals surface area contributed by atoms with Crippen molar-refractivity contribution in [2.45, 2.75) is 6.42 Å². The Bertz CT molecular complexity index is 1080. The molecule has 1 aliphatic heterocycles. The Morgan fingerprint density at radius 3 is 2.66 bits per heavy atom. The molecule has 0 bridgehead atoms. The van der Waals surface area contributed by atoms with Gasteiger partial charge in [0.15, 0.2) is 18.1 Å². The molecular weight excluding hydrogens is 374 g/mol. The monoisotopic (exact) mass is 393 g/mol. The number of nitrogens with one attached hydrogen (secondary N) is 1. The van der Waals surface area contributed by atoms with Crippen molar-refractivity contribution in [1.29, 1.82) is 0 Å². The Morgan fingerprint density at radius 2 is 1.79 bits per heavy atom. The fourth-order valence-electron chi connectivity index (χ4n) is 3.07. The maximum atomic E-state index is 12.3. The second kappa shape index (κ2) is 8.10. The van der Waals surface area contributed by atoms with Gasteiger partial charge in [0.25, 0.3) is 5.91 Å². The average Bonchev–Trinajstić information content (AvgIpc) is 2.97. The summed E-state index contributed by atoms with van der Waals surface area (Å²) >= 11 is 0. The third-order valence-corrected chi connectivity index (χ3v) is 4.49. The second-order valence-corrected chi connectivity index (χ2v) is 6.52. The highest BCUT2D eigenvalue weighted by molar-refractivity contribution is 6.02. The van der Waals surface area contributed by atoms with Gasteiger partial charge in [0.05, 0.1) is 13.2 Å². The molecule has 1 amide bonds. The molecule has 7 nitrogen and oxygen atoms in total. The average molecular weight is 393 g/mol. The van der Waals surface area contributed by atoms with Crippen LogP contribution in [-0.4, -0.2) is 36.8 Å². The van der Waals surface area contributed by atoms with E-state index in [1.165, 1.54) is 6.07 Å². The molecular formula is C22H19NO6. The van der Waals surface area contributed by atoms with Crippen molar-refractivity contribution in [2.24, 2.45) is 0 Å². The van der Waals surface area contributed by atoms with Gasteiger partial charge in [-0.3, -0.25) is 4.79 Å². The minimum Gasteiger partial charge on any atom is -0.506 e. The van der Waals surface area contributed by atoms with Crippen molar-refractivity contribution in [3.63, 3.8) is 0 Å². The van der Waals surface area contributed by atoms with E-state index in [1.807, 2.05) is 12.1 Å². The standard InChI is InChI=1S/C22H19NO6/c24-20(23-15-7-9-18-19(12-15)28-11-3-10-27-18)13-29-22(26)17-8-6-14-4-1-2-5-16(14)21(17)25/h1-2,4-9,12,25H,3,10-11,13H2,(H,23,24). The SMILES string of the molecule is O=C(COC(=O)c1ccc2ccccc2c1O)Nc1ccc2c(c1)OCCCO2. The summed E-state index contributed by atoms with van der Waals surface area (Å²) in [6.07, 6.45) is 0.786. The molecule has 0 aromatic heterocycles. The molecule has 1 heterocycles. The van der Waals surface area contributed by atoms with Crippen molar-refractivity contribution in [2.75, 3.05) is 25.1 Å². The van der Waals surface area contributed by atoms with E-state index in [1.54, 1.807) is 36.4 Å². The molecule has 0 saturated heterocycles. The zero-order valence-corrected chi connectivity index (χ0v) is 15.5. The molecule has 0 unspecified atom stereocenters. The molecule has 4 rings (SSSR count). The van der Waals surface area contributed by atoms with Crippen LogP contribution in [-0.2, 0) is 9.53 Å². The molecule has 0 spiro atoms. The topological polar surface area (TPSA) is 94.1 Å². The van der Waals surface area contributed by atoms with Crippen LogP contribution in [0.3, 0.4) is 0 Å². The van der Waals surface area contributed by atoms with E-state index in [9.17, 15) is 14.7 Å². The van der Waals surface area contributed by atoms with Gasteiger partial charge in [-0.2, -0.15) is 0 Å². The van der Waals surface area contributed by atoms with Gasteiger partial charge in [0.1, 0.15) is 11.3 Å². The lowest BCUT2D eigenvalue weighted by atomic mass is 10.1. The van der Waals surface area contributed by atoms with Gasteiger partial charge < -0.3 is 24.6 Å². The molecule has 3 aromatic carbocycles. The fourth-order valence-corrected chi connectivity index (χ4v) is 3.07. The van der Waals surface area contributed by atoms with Crippen molar-refractivity contribution < 1.29 is 28.9 Å². The third kappa shape index (κ3) is 4.08. The first kappa shape index (κ1) is 18.6. The lowest BCUT2D eigenvalue weighted by molar-refractivity contribution is -0.119. The molecule has 29 heavy (non-hydrogen) atoms. The van der Waals surface area contributed by atoms with Crippen LogP contribution >= 0.6 is 0 Å². The number of fused-ring (bicyclic) bond motifs is 2. The van der Waals surface area contributed by atoms with Crippen LogP contribution in [0.5, 0.6) is 17.2 Å². The van der Waals surface area contributed by atoms with Crippen LogP contribution in [0.2, 0.25) is 0 Å². The van der Waals surface area contributed by atoms with Gasteiger partial charge in [0.2, 0.25) is 0 Å². The van der Waals surface area contributed by atoms with Gasteiger partial charge in [-0.1, -0.05) is 30.3 Å². The zero-order valence-electron chi connectivity index (χ0n) is 15.5. The number of carbonyl (C=O) groups excluding carboxylic acids is 2. The summed E-state index contributed by atoms with van der Waals surface area (Å²) in [7, 11) is 0. The van der Waals surface area contributed by atoms with Gasteiger partial charge in [-0.25, -0.2) is 4.79 Å². The van der Waals surface area contributed by atoms with Gasteiger partial charge in [-0.15, -0.1) is 0 Å². The minimum absolute atomic E-state index is 0.00656. The Balaban J connectivity index is 1.39. The van der Waals surface area contributed by atoms with Crippen LogP contribution in [0.1, 0.15) is 16.8 Å². The van der Waals surface area contributed by atoms with Crippen LogP contribution in [0, 0.1) is 0 Å². The van der Waals surface area contributed by atoms with Gasteiger partial charge in [-0.05, 0) is 23.6 Å². The molecule has 0 aliphatic carbocycles. The van der Waals surface area contributed by atoms with Gasteiger partial charge in [0, 0.05) is 23.6 Å². The number of phenols is 1. The Kier molecular flexibility index (Phi) is 5.20. The molecule has 2 N–H and O–H groups in total. The number of rotatable bonds is 4. The summed E-state index contributed by atoms with van der Waals surface area (Å²) in [5.41, 5.74) is 0.510. The number of hydrogen-bond acceptors (Lipinski definition) is 6. The van der Waals surface area contributed by atoms with E-state index in [-0.39, 0.29) is 11.3 Å². The van der Waals surface area contributed by atoms with E-state index in [0.29, 0.717) is 35.8 Å².